The first-order chi connectivity index (χ1) is 18.0. The third-order valence-corrected chi connectivity index (χ3v) is 6.83. The number of nitrogens with zero attached hydrogens (tertiary/aromatic N) is 4. The molecule has 1 fully saturated rings. The van der Waals surface area contributed by atoms with E-state index in [0.717, 1.165) is 58.6 Å². The fourth-order valence-electron chi connectivity index (χ4n) is 4.88. The van der Waals surface area contributed by atoms with Crippen molar-refractivity contribution in [3.63, 3.8) is 0 Å². The monoisotopic (exact) mass is 498 g/mol. The fourth-order valence-corrected chi connectivity index (χ4v) is 4.88. The quantitative estimate of drug-likeness (QED) is 0.339. The Morgan fingerprint density at radius 3 is 2.35 bits per heavy atom. The number of urea groups is 1. The lowest BCUT2D eigenvalue weighted by Gasteiger charge is -2.34. The predicted octanol–water partition coefficient (Wildman–Crippen LogP) is 6.48. The highest BCUT2D eigenvalue weighted by atomic mass is 16.2. The number of anilines is 1. The van der Waals surface area contributed by atoms with Gasteiger partial charge in [0.1, 0.15) is 5.69 Å². The van der Waals surface area contributed by atoms with Crippen LogP contribution in [0.2, 0.25) is 0 Å². The highest BCUT2D eigenvalue weighted by Crippen LogP contribution is 2.34. The average Bonchev–Trinajstić information content (AvgIpc) is 3.57. The smallest absolute Gasteiger partial charge is 0.316 e. The second kappa shape index (κ2) is 12.0. The van der Waals surface area contributed by atoms with Gasteiger partial charge in [0.15, 0.2) is 0 Å². The van der Waals surface area contributed by atoms with Crippen LogP contribution in [0.25, 0.3) is 22.2 Å². The fraction of sp³-hybridized carbons (Fsp3) is 0.367. The van der Waals surface area contributed by atoms with Crippen LogP contribution in [-0.2, 0) is 6.54 Å². The van der Waals surface area contributed by atoms with Crippen molar-refractivity contribution in [2.75, 3.05) is 18.4 Å². The summed E-state index contributed by atoms with van der Waals surface area (Å²) in [5.74, 6) is 0. The van der Waals surface area contributed by atoms with E-state index in [9.17, 15) is 4.79 Å². The summed E-state index contributed by atoms with van der Waals surface area (Å²) in [5.41, 5.74) is 5.86. The third-order valence-electron chi connectivity index (χ3n) is 6.83. The van der Waals surface area contributed by atoms with Crippen LogP contribution in [0.15, 0.2) is 66.9 Å². The molecule has 2 aliphatic heterocycles. The number of benzene rings is 2. The number of H-pyrrole nitrogens is 1. The van der Waals surface area contributed by atoms with Crippen LogP contribution in [0, 0.1) is 6.92 Å². The molecule has 6 rings (SSSR count). The number of aromatic nitrogens is 3. The number of amides is 2. The van der Waals surface area contributed by atoms with Crippen molar-refractivity contribution in [3.05, 3.63) is 78.1 Å². The Morgan fingerprint density at radius 1 is 1.03 bits per heavy atom. The number of carbonyl (C=O) groups excluding carboxylic acids is 1. The number of pyridine rings is 1. The highest BCUT2D eigenvalue weighted by molar-refractivity contribution is 6.00. The van der Waals surface area contributed by atoms with Crippen LogP contribution < -0.4 is 5.32 Å². The number of hydrogen-bond acceptors (Lipinski definition) is 4. The predicted molar refractivity (Wildman–Crippen MR) is 152 cm³/mol. The van der Waals surface area contributed by atoms with Crippen molar-refractivity contribution in [2.24, 2.45) is 0 Å². The molecule has 0 bridgehead atoms. The number of carbonyl (C=O) groups is 1. The number of fused-ring (bicyclic) bond motifs is 2. The normalized spacial score (nSPS) is 17.0. The Labute approximate surface area is 219 Å². The minimum Gasteiger partial charge on any atom is -0.316 e. The molecule has 2 aliphatic rings. The lowest BCUT2D eigenvalue weighted by atomic mass is 10.0. The standard InChI is InChI=1S/C22H26N6O.C6H6.C2H6/c1-13(2)27-7-5-17(12-27)28-11-16-9-18-20(10-19(16)24-22(28)29)25-26-21(18)15-4-6-23-14(3)8-15;1-2-4-6-5-3-1;1-2/h4,6,8-10,13,17H,5,7,11-12H2,1-3H3,(H,24,29)(H,25,26);1-6H;1-2H3. The van der Waals surface area contributed by atoms with Gasteiger partial charge in [-0.2, -0.15) is 5.10 Å². The number of aryl methyl sites for hydroxylation is 1. The Kier molecular flexibility index (Phi) is 8.56. The minimum absolute atomic E-state index is 0.00282. The average molecular weight is 499 g/mol. The summed E-state index contributed by atoms with van der Waals surface area (Å²) in [7, 11) is 0. The summed E-state index contributed by atoms with van der Waals surface area (Å²) in [6, 6.07) is 21.0. The number of likely N-dealkylation sites (tertiary alicyclic amines) is 1. The van der Waals surface area contributed by atoms with E-state index in [2.05, 4.69) is 45.3 Å². The van der Waals surface area contributed by atoms with Crippen LogP contribution >= 0.6 is 0 Å². The minimum atomic E-state index is -0.00282. The van der Waals surface area contributed by atoms with Crippen LogP contribution in [0.3, 0.4) is 0 Å². The Hall–Kier alpha value is -3.71. The molecule has 7 heteroatoms. The summed E-state index contributed by atoms with van der Waals surface area (Å²) < 4.78 is 0. The molecule has 2 aromatic carbocycles. The number of hydrogen-bond donors (Lipinski definition) is 2. The first-order valence-corrected chi connectivity index (χ1v) is 13.3. The van der Waals surface area contributed by atoms with Crippen LogP contribution in [0.1, 0.15) is 45.4 Å². The van der Waals surface area contributed by atoms with Crippen molar-refractivity contribution >= 4 is 22.6 Å². The molecule has 37 heavy (non-hydrogen) atoms. The third kappa shape index (κ3) is 6.00. The zero-order valence-electron chi connectivity index (χ0n) is 22.5. The molecule has 2 amide bonds. The van der Waals surface area contributed by atoms with E-state index in [4.69, 9.17) is 0 Å². The molecule has 2 N–H and O–H groups in total. The molecule has 0 aliphatic carbocycles. The zero-order chi connectivity index (χ0) is 26.4. The molecule has 0 spiro atoms. The van der Waals surface area contributed by atoms with Crippen molar-refractivity contribution in [1.82, 2.24) is 25.0 Å². The molecular formula is C30H38N6O. The summed E-state index contributed by atoms with van der Waals surface area (Å²) in [4.78, 5) is 21.5. The molecule has 194 valence electrons. The van der Waals surface area contributed by atoms with Gasteiger partial charge >= 0.3 is 6.03 Å². The SMILES string of the molecule is CC.Cc1cc(-c2n[nH]c3cc4c(cc23)CN(C2CCN(C(C)C)C2)C(=O)N4)ccn1.c1ccccc1. The molecule has 4 aromatic rings. The largest absolute Gasteiger partial charge is 0.322 e. The van der Waals surface area contributed by atoms with Gasteiger partial charge in [0.2, 0.25) is 0 Å². The zero-order valence-corrected chi connectivity index (χ0v) is 22.5. The van der Waals surface area contributed by atoms with E-state index >= 15 is 0 Å². The summed E-state index contributed by atoms with van der Waals surface area (Å²) in [6.45, 7) is 13.0. The molecular weight excluding hydrogens is 460 g/mol. The van der Waals surface area contributed by atoms with Gasteiger partial charge in [-0.25, -0.2) is 4.79 Å². The van der Waals surface area contributed by atoms with Gasteiger partial charge in [-0.05, 0) is 57.0 Å². The molecule has 0 saturated carbocycles. The van der Waals surface area contributed by atoms with Gasteiger partial charge < -0.3 is 10.2 Å². The molecule has 2 aromatic heterocycles. The van der Waals surface area contributed by atoms with Crippen molar-refractivity contribution in [1.29, 1.82) is 0 Å². The number of rotatable bonds is 3. The van der Waals surface area contributed by atoms with E-state index in [1.807, 2.05) is 86.5 Å². The topological polar surface area (TPSA) is 77.2 Å². The maximum absolute atomic E-state index is 12.8. The first kappa shape index (κ1) is 26.4. The van der Waals surface area contributed by atoms with E-state index in [1.165, 1.54) is 0 Å². The van der Waals surface area contributed by atoms with Crippen molar-refractivity contribution in [2.45, 2.75) is 59.7 Å². The second-order valence-corrected chi connectivity index (χ2v) is 9.56. The Morgan fingerprint density at radius 2 is 1.73 bits per heavy atom. The van der Waals surface area contributed by atoms with Gasteiger partial charge in [0.25, 0.3) is 0 Å². The van der Waals surface area contributed by atoms with Gasteiger partial charge in [-0.15, -0.1) is 0 Å². The van der Waals surface area contributed by atoms with Gasteiger partial charge in [-0.1, -0.05) is 50.2 Å². The van der Waals surface area contributed by atoms with Crippen LogP contribution in [-0.4, -0.2) is 56.2 Å². The van der Waals surface area contributed by atoms with Crippen molar-refractivity contribution < 1.29 is 4.79 Å². The maximum Gasteiger partial charge on any atom is 0.322 e. The highest BCUT2D eigenvalue weighted by Gasteiger charge is 2.34. The van der Waals surface area contributed by atoms with Crippen LogP contribution in [0.5, 0.6) is 0 Å². The second-order valence-electron chi connectivity index (χ2n) is 9.56. The van der Waals surface area contributed by atoms with E-state index in [-0.39, 0.29) is 12.1 Å². The van der Waals surface area contributed by atoms with Crippen molar-refractivity contribution in [3.8, 4) is 11.3 Å². The summed E-state index contributed by atoms with van der Waals surface area (Å²) in [6.07, 6.45) is 2.84. The molecule has 7 nitrogen and oxygen atoms in total. The Balaban J connectivity index is 0.000000348. The number of nitrogens with one attached hydrogen (secondary N) is 2. The van der Waals surface area contributed by atoms with E-state index in [1.54, 1.807) is 0 Å². The molecule has 1 saturated heterocycles. The maximum atomic E-state index is 12.8. The summed E-state index contributed by atoms with van der Waals surface area (Å²) >= 11 is 0. The molecule has 0 radical (unpaired) electrons. The van der Waals surface area contributed by atoms with E-state index in [0.29, 0.717) is 12.6 Å². The van der Waals surface area contributed by atoms with Gasteiger partial charge in [0, 0.05) is 60.2 Å². The van der Waals surface area contributed by atoms with Gasteiger partial charge in [0.05, 0.1) is 5.52 Å². The molecule has 1 unspecified atom stereocenters. The number of aromatic amines is 1. The van der Waals surface area contributed by atoms with Crippen LogP contribution in [0.4, 0.5) is 10.5 Å². The summed E-state index contributed by atoms with van der Waals surface area (Å²) in [5, 5.41) is 11.8. The molecule has 4 heterocycles. The lowest BCUT2D eigenvalue weighted by Crippen LogP contribution is -2.46. The molecule has 1 atom stereocenters. The van der Waals surface area contributed by atoms with E-state index < -0.39 is 0 Å². The Bertz CT molecular complexity index is 1290. The van der Waals surface area contributed by atoms with Gasteiger partial charge in [-0.3, -0.25) is 15.0 Å². The lowest BCUT2D eigenvalue weighted by molar-refractivity contribution is 0.175. The first-order valence-electron chi connectivity index (χ1n) is 13.3.